The van der Waals surface area contributed by atoms with Crippen LogP contribution in [0.15, 0.2) is 30.3 Å². The lowest BCUT2D eigenvalue weighted by Gasteiger charge is -2.29. The van der Waals surface area contributed by atoms with Crippen LogP contribution < -0.4 is 14.4 Å². The third kappa shape index (κ3) is 3.09. The molecule has 2 aromatic rings. The average molecular weight is 398 g/mol. The molecule has 2 aliphatic rings. The highest BCUT2D eigenvalue weighted by atomic mass is 16.6. The molecule has 2 aliphatic heterocycles. The summed E-state index contributed by atoms with van der Waals surface area (Å²) < 4.78 is 10.7. The number of methoxy groups -OCH3 is 2. The van der Waals surface area contributed by atoms with Crippen LogP contribution in [0.4, 0.5) is 5.69 Å². The summed E-state index contributed by atoms with van der Waals surface area (Å²) in [6.07, 6.45) is 0.758. The fourth-order valence-electron chi connectivity index (χ4n) is 4.00. The van der Waals surface area contributed by atoms with E-state index in [4.69, 9.17) is 9.47 Å². The summed E-state index contributed by atoms with van der Waals surface area (Å²) in [6, 6.07) is 8.00. The lowest BCUT2D eigenvalue weighted by Crippen LogP contribution is -3.13. The van der Waals surface area contributed by atoms with E-state index in [-0.39, 0.29) is 23.5 Å². The van der Waals surface area contributed by atoms with Gasteiger partial charge in [-0.25, -0.2) is 4.90 Å². The smallest absolute Gasteiger partial charge is 0.282 e. The van der Waals surface area contributed by atoms with Crippen LogP contribution >= 0.6 is 0 Å². The van der Waals surface area contributed by atoms with Gasteiger partial charge < -0.3 is 14.4 Å². The summed E-state index contributed by atoms with van der Waals surface area (Å²) in [7, 11) is 3.16. The number of carbonyl (C=O) groups excluding carboxylic acids is 2. The summed E-state index contributed by atoms with van der Waals surface area (Å²) in [5.41, 5.74) is 1.84. The van der Waals surface area contributed by atoms with Crippen molar-refractivity contribution in [1.29, 1.82) is 0 Å². The molecule has 9 heteroatoms. The predicted molar refractivity (Wildman–Crippen MR) is 101 cm³/mol. The molecule has 0 bridgehead atoms. The minimum atomic E-state index is -0.628. The van der Waals surface area contributed by atoms with Gasteiger partial charge >= 0.3 is 0 Å². The van der Waals surface area contributed by atoms with Crippen LogP contribution in [-0.4, -0.2) is 49.1 Å². The van der Waals surface area contributed by atoms with E-state index >= 15 is 0 Å². The van der Waals surface area contributed by atoms with Gasteiger partial charge in [0.2, 0.25) is 0 Å². The number of benzene rings is 2. The number of nitrogens with one attached hydrogen (secondary N) is 1. The Morgan fingerprint density at radius 2 is 1.79 bits per heavy atom. The summed E-state index contributed by atoms with van der Waals surface area (Å²) in [5, 5.41) is 11.3. The van der Waals surface area contributed by atoms with Crippen molar-refractivity contribution in [3.63, 3.8) is 0 Å². The number of hydrogen-bond acceptors (Lipinski definition) is 6. The molecule has 1 unspecified atom stereocenters. The molecule has 29 heavy (non-hydrogen) atoms. The summed E-state index contributed by atoms with van der Waals surface area (Å²) in [5.74, 6) is 0.202. The molecular formula is C20H20N3O6+. The molecule has 2 heterocycles. The Morgan fingerprint density at radius 1 is 1.10 bits per heavy atom. The Hall–Kier alpha value is -3.46. The van der Waals surface area contributed by atoms with E-state index in [9.17, 15) is 19.7 Å². The van der Waals surface area contributed by atoms with Gasteiger partial charge in [0, 0.05) is 18.1 Å². The molecule has 1 N–H and O–H groups in total. The molecule has 0 radical (unpaired) electrons. The van der Waals surface area contributed by atoms with Crippen molar-refractivity contribution >= 4 is 17.5 Å². The molecule has 0 saturated carbocycles. The minimum absolute atomic E-state index is 0.0902. The van der Waals surface area contributed by atoms with Crippen molar-refractivity contribution in [2.75, 3.05) is 27.4 Å². The zero-order chi connectivity index (χ0) is 20.7. The van der Waals surface area contributed by atoms with Crippen molar-refractivity contribution in [3.8, 4) is 11.5 Å². The van der Waals surface area contributed by atoms with Gasteiger partial charge in [0.1, 0.15) is 12.1 Å². The molecule has 150 valence electrons. The van der Waals surface area contributed by atoms with E-state index in [1.807, 2.05) is 12.1 Å². The third-order valence-electron chi connectivity index (χ3n) is 5.45. The van der Waals surface area contributed by atoms with E-state index in [2.05, 4.69) is 0 Å². The van der Waals surface area contributed by atoms with Gasteiger partial charge in [0.05, 0.1) is 31.3 Å². The predicted octanol–water partition coefficient (Wildman–Crippen LogP) is 0.807. The molecular weight excluding hydrogens is 378 g/mol. The first kappa shape index (κ1) is 18.9. The number of carbonyl (C=O) groups is 2. The number of amides is 2. The van der Waals surface area contributed by atoms with Crippen LogP contribution in [0.3, 0.4) is 0 Å². The summed E-state index contributed by atoms with van der Waals surface area (Å²) >= 11 is 0. The van der Waals surface area contributed by atoms with Gasteiger partial charge in [-0.2, -0.15) is 0 Å². The Bertz CT molecular complexity index is 1040. The molecule has 2 amide bonds. The van der Waals surface area contributed by atoms with Gasteiger partial charge in [-0.1, -0.05) is 6.07 Å². The van der Waals surface area contributed by atoms with Gasteiger partial charge in [-0.05, 0) is 23.8 Å². The summed E-state index contributed by atoms with van der Waals surface area (Å²) in [4.78, 5) is 38.3. The third-order valence-corrected chi connectivity index (χ3v) is 5.45. The number of ether oxygens (including phenoxy) is 2. The molecule has 4 rings (SSSR count). The largest absolute Gasteiger partial charge is 0.493 e. The minimum Gasteiger partial charge on any atom is -0.493 e. The van der Waals surface area contributed by atoms with Crippen molar-refractivity contribution in [2.45, 2.75) is 13.0 Å². The maximum atomic E-state index is 12.8. The van der Waals surface area contributed by atoms with Crippen LogP contribution in [0, 0.1) is 10.1 Å². The van der Waals surface area contributed by atoms with Gasteiger partial charge in [0.15, 0.2) is 18.2 Å². The van der Waals surface area contributed by atoms with Crippen molar-refractivity contribution < 1.29 is 28.9 Å². The molecule has 9 nitrogen and oxygen atoms in total. The Labute approximate surface area is 166 Å². The lowest BCUT2D eigenvalue weighted by molar-refractivity contribution is -0.922. The van der Waals surface area contributed by atoms with Crippen LogP contribution in [-0.2, 0) is 13.0 Å². The standard InChI is InChI=1S/C20H19N3O6/c1-28-16-8-12-6-7-21(10-13(12)9-17(16)29-2)11-22-19(24)14-4-3-5-15(23(26)27)18(14)20(22)25/h3-5,8-9H,6-7,10-11H2,1-2H3/p+1. The number of nitro benzene ring substituents is 1. The number of fused-ring (bicyclic) bond motifs is 2. The lowest BCUT2D eigenvalue weighted by atomic mass is 9.99. The highest BCUT2D eigenvalue weighted by Crippen LogP contribution is 2.32. The van der Waals surface area contributed by atoms with Crippen molar-refractivity contribution in [1.82, 2.24) is 4.90 Å². The molecule has 0 saturated heterocycles. The molecule has 2 aromatic carbocycles. The number of rotatable bonds is 5. The Kier molecular flexibility index (Phi) is 4.67. The van der Waals surface area contributed by atoms with Crippen molar-refractivity contribution in [2.24, 2.45) is 0 Å². The summed E-state index contributed by atoms with van der Waals surface area (Å²) in [6.45, 7) is 1.47. The normalized spacial score (nSPS) is 17.7. The van der Waals surface area contributed by atoms with E-state index in [0.29, 0.717) is 18.0 Å². The van der Waals surface area contributed by atoms with Crippen LogP contribution in [0.1, 0.15) is 31.8 Å². The molecule has 1 atom stereocenters. The second-order valence-corrected chi connectivity index (χ2v) is 7.06. The van der Waals surface area contributed by atoms with Crippen LogP contribution in [0.2, 0.25) is 0 Å². The fraction of sp³-hybridized carbons (Fsp3) is 0.300. The molecule has 0 aromatic heterocycles. The number of imide groups is 1. The van der Waals surface area contributed by atoms with Crippen molar-refractivity contribution in [3.05, 3.63) is 62.7 Å². The number of quaternary nitrogens is 1. The van der Waals surface area contributed by atoms with E-state index in [1.54, 1.807) is 14.2 Å². The van der Waals surface area contributed by atoms with Gasteiger partial charge in [0.25, 0.3) is 17.5 Å². The van der Waals surface area contributed by atoms with Crippen LogP contribution in [0.25, 0.3) is 0 Å². The van der Waals surface area contributed by atoms with E-state index in [1.165, 1.54) is 18.2 Å². The first-order valence-electron chi connectivity index (χ1n) is 9.15. The maximum absolute atomic E-state index is 12.8. The van der Waals surface area contributed by atoms with E-state index < -0.39 is 16.7 Å². The van der Waals surface area contributed by atoms with Gasteiger partial charge in [-0.3, -0.25) is 19.7 Å². The monoisotopic (exact) mass is 398 g/mol. The SMILES string of the molecule is COc1cc2c(cc1OC)C[NH+](CN1C(=O)c3cccc([N+](=O)[O-])c3C1=O)CC2. The molecule has 0 fully saturated rings. The van der Waals surface area contributed by atoms with Crippen LogP contribution in [0.5, 0.6) is 11.5 Å². The maximum Gasteiger partial charge on any atom is 0.282 e. The highest BCUT2D eigenvalue weighted by Gasteiger charge is 2.42. The second kappa shape index (κ2) is 7.17. The fourth-order valence-corrected chi connectivity index (χ4v) is 4.00. The zero-order valence-corrected chi connectivity index (χ0v) is 16.1. The average Bonchev–Trinajstić information content (AvgIpc) is 2.97. The highest BCUT2D eigenvalue weighted by molar-refractivity contribution is 6.23. The second-order valence-electron chi connectivity index (χ2n) is 7.06. The molecule has 0 spiro atoms. The quantitative estimate of drug-likeness (QED) is 0.454. The topological polar surface area (TPSA) is 103 Å². The van der Waals surface area contributed by atoms with Gasteiger partial charge in [-0.15, -0.1) is 0 Å². The number of nitro groups is 1. The number of nitrogens with zero attached hydrogens (tertiary/aromatic N) is 2. The van der Waals surface area contributed by atoms with E-state index in [0.717, 1.165) is 33.9 Å². The number of hydrogen-bond donors (Lipinski definition) is 1. The Balaban J connectivity index is 1.57. The first-order chi connectivity index (χ1) is 13.9. The Morgan fingerprint density at radius 3 is 2.45 bits per heavy atom. The first-order valence-corrected chi connectivity index (χ1v) is 9.15. The zero-order valence-electron chi connectivity index (χ0n) is 16.1. The molecule has 0 aliphatic carbocycles.